The summed E-state index contributed by atoms with van der Waals surface area (Å²) < 4.78 is 38.4. The predicted octanol–water partition coefficient (Wildman–Crippen LogP) is 2.93. The van der Waals surface area contributed by atoms with E-state index >= 15 is 0 Å². The summed E-state index contributed by atoms with van der Waals surface area (Å²) in [5, 5.41) is 2.88. The summed E-state index contributed by atoms with van der Waals surface area (Å²) in [4.78, 5) is 28.0. The van der Waals surface area contributed by atoms with Crippen LogP contribution in [-0.4, -0.2) is 53.7 Å². The third-order valence-electron chi connectivity index (χ3n) is 5.20. The number of aromatic nitrogens is 2. The molecule has 0 atom stereocenters. The van der Waals surface area contributed by atoms with Crippen molar-refractivity contribution >= 4 is 17.9 Å². The van der Waals surface area contributed by atoms with Crippen LogP contribution >= 0.6 is 12.0 Å². The maximum atomic E-state index is 12.0. The molecule has 1 radical (unpaired) electrons. The molecule has 2 aromatic heterocycles. The molecule has 235 valence electrons. The van der Waals surface area contributed by atoms with Crippen LogP contribution in [0.2, 0.25) is 0 Å². The maximum absolute atomic E-state index is 12.0. The summed E-state index contributed by atoms with van der Waals surface area (Å²) in [6.45, 7) is 17.9. The fourth-order valence-corrected chi connectivity index (χ4v) is 3.71. The molecule has 0 fully saturated rings. The Balaban J connectivity index is 0. The van der Waals surface area contributed by atoms with Crippen molar-refractivity contribution in [1.29, 1.82) is 0 Å². The van der Waals surface area contributed by atoms with Crippen LogP contribution in [0.4, 0.5) is 0 Å². The number of nitrogens with one attached hydrogen (secondary N) is 1. The van der Waals surface area contributed by atoms with Crippen LogP contribution in [0.1, 0.15) is 23.4 Å². The van der Waals surface area contributed by atoms with Gasteiger partial charge in [-0.2, -0.15) is 5.90 Å². The molecule has 13 nitrogen and oxygen atoms in total. The Morgan fingerprint density at radius 1 is 0.818 bits per heavy atom. The van der Waals surface area contributed by atoms with Gasteiger partial charge >= 0.3 is 33.9 Å². The first-order chi connectivity index (χ1) is 21.2. The van der Waals surface area contributed by atoms with E-state index in [0.29, 0.717) is 46.1 Å². The van der Waals surface area contributed by atoms with Gasteiger partial charge in [-0.25, -0.2) is 0 Å². The molecule has 2 heterocycles. The summed E-state index contributed by atoms with van der Waals surface area (Å²) in [5.41, 5.74) is 2.98. The molecule has 0 bridgehead atoms. The Morgan fingerprint density at radius 3 is 1.86 bits per heavy atom. The summed E-state index contributed by atoms with van der Waals surface area (Å²) in [7, 11) is 0. The van der Waals surface area contributed by atoms with Gasteiger partial charge in [0.2, 0.25) is 5.91 Å². The molecule has 0 aliphatic heterocycles. The van der Waals surface area contributed by atoms with Crippen molar-refractivity contribution in [3.05, 3.63) is 110 Å². The second kappa shape index (κ2) is 31.4. The van der Waals surface area contributed by atoms with Crippen molar-refractivity contribution < 1.29 is 58.0 Å². The monoisotopic (exact) mass is 798 g/mol. The summed E-state index contributed by atoms with van der Waals surface area (Å²) in [6, 6.07) is 19.3. The molecule has 0 saturated heterocycles. The van der Waals surface area contributed by atoms with Crippen molar-refractivity contribution in [2.45, 2.75) is 31.0 Å². The normalized spacial score (nSPS) is 9.45. The van der Waals surface area contributed by atoms with Crippen molar-refractivity contribution in [2.75, 3.05) is 33.0 Å². The summed E-state index contributed by atoms with van der Waals surface area (Å²) in [5.74, 6) is 4.74. The molecule has 1 amide bonds. The zero-order valence-corrected chi connectivity index (χ0v) is 27.3. The number of benzene rings is 1. The Bertz CT molecular complexity index is 1100. The zero-order valence-electron chi connectivity index (χ0n) is 23.8. The van der Waals surface area contributed by atoms with E-state index in [9.17, 15) is 4.79 Å². The number of hydrogen-bond acceptors (Lipinski definition) is 10. The van der Waals surface area contributed by atoms with Gasteiger partial charge in [0.05, 0.1) is 49.9 Å². The minimum atomic E-state index is -0.0704. The molecule has 0 aliphatic carbocycles. The average molecular weight is 798 g/mol. The van der Waals surface area contributed by atoms with E-state index in [-0.39, 0.29) is 32.8 Å². The van der Waals surface area contributed by atoms with Gasteiger partial charge < -0.3 is 14.8 Å². The SMILES string of the molecule is NOOSc1ccc(CNC(=O)CCOCCOCCN(Cc2ccccn2)Cc2ccccn2)cc1.[C-]#[O+].[C-]#[O+].[C-]#[O+].[Re]. The molecule has 0 spiro atoms. The first-order valence-electron chi connectivity index (χ1n) is 12.6. The Labute approximate surface area is 275 Å². The minimum Gasteiger partial charge on any atom is 0 e. The van der Waals surface area contributed by atoms with E-state index < -0.39 is 0 Å². The molecule has 3 rings (SSSR count). The van der Waals surface area contributed by atoms with E-state index in [2.05, 4.69) is 49.5 Å². The number of nitrogens with zero attached hydrogens (tertiary/aromatic N) is 3. The largest absolute Gasteiger partial charge is 0 e. The third kappa shape index (κ3) is 21.6. The number of carbonyl (C=O) groups excluding carboxylic acids is 1. The van der Waals surface area contributed by atoms with Crippen molar-refractivity contribution in [2.24, 2.45) is 5.90 Å². The Kier molecular flexibility index (Phi) is 30.8. The number of nitrogens with two attached hydrogens (primary N) is 1. The fraction of sp³-hybridized carbons (Fsp3) is 0.310. The van der Waals surface area contributed by atoms with Crippen LogP contribution in [0.3, 0.4) is 0 Å². The van der Waals surface area contributed by atoms with Crippen molar-refractivity contribution in [3.8, 4) is 0 Å². The topological polar surface area (TPSA) is 181 Å². The Morgan fingerprint density at radius 2 is 1.36 bits per heavy atom. The van der Waals surface area contributed by atoms with E-state index in [1.807, 2.05) is 60.7 Å². The van der Waals surface area contributed by atoms with E-state index in [1.165, 1.54) is 0 Å². The molecule has 15 heteroatoms. The molecule has 1 aromatic carbocycles. The van der Waals surface area contributed by atoms with E-state index in [0.717, 1.165) is 40.4 Å². The number of hydrogen-bond donors (Lipinski definition) is 2. The van der Waals surface area contributed by atoms with Gasteiger partial charge in [0, 0.05) is 70.3 Å². The standard InChI is InChI=1S/C26H33N5O5S.3CO.Re/c27-35-36-37-25-9-7-22(8-10-25)19-30-26(32)11-15-33-17-18-34-16-14-31(20-23-5-1-3-12-28-23)21-24-6-2-4-13-29-24;3*1-2;/h1-10,12-13H,11,14-21,27H2,(H,30,32);;;;. The van der Waals surface area contributed by atoms with Gasteiger partial charge in [0.1, 0.15) is 0 Å². The summed E-state index contributed by atoms with van der Waals surface area (Å²) in [6.07, 6.45) is 3.89. The fourth-order valence-electron chi connectivity index (χ4n) is 3.35. The zero-order chi connectivity index (χ0) is 32.0. The molecule has 3 N–H and O–H groups in total. The van der Waals surface area contributed by atoms with Crippen LogP contribution in [0.15, 0.2) is 78.0 Å². The average Bonchev–Trinajstić information content (AvgIpc) is 3.08. The van der Waals surface area contributed by atoms with Gasteiger partial charge in [-0.05, 0) is 42.0 Å². The molecular weight excluding hydrogens is 765 g/mol. The van der Waals surface area contributed by atoms with Crippen LogP contribution in [0, 0.1) is 20.0 Å². The predicted molar refractivity (Wildman–Crippen MR) is 151 cm³/mol. The number of pyridine rings is 2. The van der Waals surface area contributed by atoms with E-state index in [4.69, 9.17) is 29.3 Å². The molecule has 44 heavy (non-hydrogen) atoms. The van der Waals surface area contributed by atoms with Gasteiger partial charge in [-0.1, -0.05) is 24.3 Å². The quantitative estimate of drug-likeness (QED) is 0.0486. The minimum absolute atomic E-state index is 0. The number of carbonyl (C=O) groups is 1. The van der Waals surface area contributed by atoms with Crippen molar-refractivity contribution in [3.63, 3.8) is 0 Å². The molecular formula is C29H33N5O8ReS. The maximum Gasteiger partial charge on any atom is 0 e. The van der Waals surface area contributed by atoms with E-state index in [1.54, 1.807) is 12.4 Å². The van der Waals surface area contributed by atoms with Crippen molar-refractivity contribution in [1.82, 2.24) is 20.2 Å². The van der Waals surface area contributed by atoms with Crippen LogP contribution < -0.4 is 11.2 Å². The van der Waals surface area contributed by atoms with Gasteiger partial charge in [-0.3, -0.25) is 19.7 Å². The van der Waals surface area contributed by atoms with Gasteiger partial charge in [0.15, 0.2) is 0 Å². The second-order valence-corrected chi connectivity index (χ2v) is 8.77. The van der Waals surface area contributed by atoms with Gasteiger partial charge in [-0.15, -0.1) is 9.32 Å². The number of ether oxygens (including phenoxy) is 2. The second-order valence-electron chi connectivity index (χ2n) is 8.00. The number of rotatable bonds is 18. The first-order valence-corrected chi connectivity index (χ1v) is 13.3. The first kappa shape index (κ1) is 43.1. The number of amides is 1. The Hall–Kier alpha value is -3.02. The molecule has 3 aromatic rings. The summed E-state index contributed by atoms with van der Waals surface area (Å²) >= 11 is 1.01. The molecule has 0 saturated carbocycles. The van der Waals surface area contributed by atoms with Crippen LogP contribution in [0.25, 0.3) is 0 Å². The van der Waals surface area contributed by atoms with Crippen LogP contribution in [0.5, 0.6) is 0 Å². The van der Waals surface area contributed by atoms with Crippen LogP contribution in [-0.2, 0) is 77.6 Å². The van der Waals surface area contributed by atoms with Gasteiger partial charge in [0.25, 0.3) is 0 Å². The molecule has 0 aliphatic rings. The molecule has 0 unspecified atom stereocenters. The smallest absolute Gasteiger partial charge is 0 e. The third-order valence-corrected chi connectivity index (χ3v) is 5.81.